The van der Waals surface area contributed by atoms with Crippen molar-refractivity contribution in [1.82, 2.24) is 9.80 Å². The van der Waals surface area contributed by atoms with Gasteiger partial charge in [0.1, 0.15) is 6.54 Å². The molecule has 0 aromatic heterocycles. The van der Waals surface area contributed by atoms with E-state index in [1.54, 1.807) is 0 Å². The number of fused-ring (bicyclic) bond motifs is 2. The summed E-state index contributed by atoms with van der Waals surface area (Å²) in [5.41, 5.74) is 1.52. The van der Waals surface area contributed by atoms with Gasteiger partial charge in [0.2, 0.25) is 11.5 Å². The van der Waals surface area contributed by atoms with Crippen LogP contribution in [-0.2, 0) is 32.9 Å². The fourth-order valence-electron chi connectivity index (χ4n) is 5.23. The van der Waals surface area contributed by atoms with Crippen LogP contribution >= 0.6 is 0 Å². The van der Waals surface area contributed by atoms with E-state index < -0.39 is 17.6 Å². The second-order valence-electron chi connectivity index (χ2n) is 9.18. The summed E-state index contributed by atoms with van der Waals surface area (Å²) in [6, 6.07) is 17.5. The van der Waals surface area contributed by atoms with Crippen molar-refractivity contribution in [2.24, 2.45) is 5.92 Å². The summed E-state index contributed by atoms with van der Waals surface area (Å²) in [6.07, 6.45) is 3.76. The van der Waals surface area contributed by atoms with E-state index in [1.807, 2.05) is 59.5 Å². The van der Waals surface area contributed by atoms with E-state index in [4.69, 9.17) is 4.74 Å². The quantitative estimate of drug-likeness (QED) is 0.691. The predicted molar refractivity (Wildman–Crippen MR) is 118 cm³/mol. The van der Waals surface area contributed by atoms with Crippen molar-refractivity contribution >= 4 is 17.9 Å². The Labute approximate surface area is 188 Å². The van der Waals surface area contributed by atoms with Gasteiger partial charge in [0, 0.05) is 24.6 Å². The highest BCUT2D eigenvalue weighted by molar-refractivity contribution is 6.06. The van der Waals surface area contributed by atoms with Crippen LogP contribution in [0.2, 0.25) is 0 Å². The zero-order valence-corrected chi connectivity index (χ0v) is 18.3. The molecule has 0 radical (unpaired) electrons. The Morgan fingerprint density at radius 3 is 2.56 bits per heavy atom. The lowest BCUT2D eigenvalue weighted by Crippen LogP contribution is -2.49. The number of imide groups is 1. The lowest BCUT2D eigenvalue weighted by atomic mass is 9.79. The molecule has 2 aromatic rings. The van der Waals surface area contributed by atoms with Gasteiger partial charge >= 0.3 is 6.09 Å². The summed E-state index contributed by atoms with van der Waals surface area (Å²) >= 11 is 0. The van der Waals surface area contributed by atoms with Gasteiger partial charge in [0.05, 0.1) is 0 Å². The lowest BCUT2D eigenvalue weighted by molar-refractivity contribution is -0.143. The van der Waals surface area contributed by atoms with Crippen molar-refractivity contribution < 1.29 is 19.1 Å². The third kappa shape index (κ3) is 3.38. The molecule has 2 atom stereocenters. The first-order chi connectivity index (χ1) is 15.5. The maximum Gasteiger partial charge on any atom is 0.418 e. The first-order valence-electron chi connectivity index (χ1n) is 11.5. The summed E-state index contributed by atoms with van der Waals surface area (Å²) in [7, 11) is 0. The number of carbonyl (C=O) groups is 3. The minimum absolute atomic E-state index is 0.0475. The molecule has 3 aliphatic rings. The molecule has 6 heteroatoms. The van der Waals surface area contributed by atoms with E-state index in [1.165, 1.54) is 6.42 Å². The number of benzene rings is 2. The van der Waals surface area contributed by atoms with Gasteiger partial charge in [-0.15, -0.1) is 0 Å². The number of rotatable bonds is 6. The second-order valence-corrected chi connectivity index (χ2v) is 9.18. The van der Waals surface area contributed by atoms with Gasteiger partial charge < -0.3 is 9.64 Å². The molecule has 6 nitrogen and oxygen atoms in total. The van der Waals surface area contributed by atoms with Crippen LogP contribution in [0.3, 0.4) is 0 Å². The van der Waals surface area contributed by atoms with Gasteiger partial charge in [-0.3, -0.25) is 9.59 Å². The Hall–Kier alpha value is -3.15. The summed E-state index contributed by atoms with van der Waals surface area (Å²) in [5, 5.41) is 0. The van der Waals surface area contributed by atoms with Crippen LogP contribution < -0.4 is 0 Å². The van der Waals surface area contributed by atoms with E-state index in [-0.39, 0.29) is 18.5 Å². The maximum absolute atomic E-state index is 13.5. The van der Waals surface area contributed by atoms with Crippen molar-refractivity contribution in [3.63, 3.8) is 0 Å². The third-order valence-corrected chi connectivity index (χ3v) is 7.40. The molecule has 1 heterocycles. The smallest absolute Gasteiger partial charge is 0.418 e. The summed E-state index contributed by atoms with van der Waals surface area (Å²) in [4.78, 5) is 42.4. The highest BCUT2D eigenvalue weighted by Gasteiger charge is 2.58. The number of hydrogen-bond donors (Lipinski definition) is 0. The molecule has 0 N–H and O–H groups in total. The Kier molecular flexibility index (Phi) is 5.24. The average Bonchev–Trinajstić information content (AvgIpc) is 3.24. The van der Waals surface area contributed by atoms with E-state index in [9.17, 15) is 14.4 Å². The summed E-state index contributed by atoms with van der Waals surface area (Å²) < 4.78 is 5.67. The zero-order chi connectivity index (χ0) is 22.3. The fourth-order valence-corrected chi connectivity index (χ4v) is 5.23. The van der Waals surface area contributed by atoms with Crippen LogP contribution in [-0.4, -0.2) is 40.3 Å². The van der Waals surface area contributed by atoms with Crippen LogP contribution in [0.25, 0.3) is 0 Å². The van der Waals surface area contributed by atoms with E-state index in [2.05, 4.69) is 6.92 Å². The van der Waals surface area contributed by atoms with E-state index in [0.717, 1.165) is 34.4 Å². The summed E-state index contributed by atoms with van der Waals surface area (Å²) in [5.74, 6) is -0.185. The van der Waals surface area contributed by atoms with Gasteiger partial charge in [-0.05, 0) is 43.2 Å². The predicted octanol–water partition coefficient (Wildman–Crippen LogP) is 4.02. The number of amides is 3. The molecule has 2 aromatic carbocycles. The lowest BCUT2D eigenvalue weighted by Gasteiger charge is -2.39. The molecule has 0 bridgehead atoms. The molecule has 2 unspecified atom stereocenters. The molecular formula is C26H28N2O4. The molecule has 32 heavy (non-hydrogen) atoms. The molecule has 3 amide bonds. The Morgan fingerprint density at radius 1 is 1.12 bits per heavy atom. The average molecular weight is 433 g/mol. The van der Waals surface area contributed by atoms with Gasteiger partial charge in [-0.2, -0.15) is 0 Å². The zero-order valence-electron chi connectivity index (χ0n) is 18.3. The molecule has 5 rings (SSSR count). The molecule has 1 saturated carbocycles. The normalized spacial score (nSPS) is 23.1. The van der Waals surface area contributed by atoms with Crippen molar-refractivity contribution in [1.29, 1.82) is 0 Å². The Morgan fingerprint density at radius 2 is 1.84 bits per heavy atom. The number of hydrogen-bond acceptors (Lipinski definition) is 4. The van der Waals surface area contributed by atoms with E-state index >= 15 is 0 Å². The van der Waals surface area contributed by atoms with Gasteiger partial charge in [-0.25, -0.2) is 9.69 Å². The van der Waals surface area contributed by atoms with Crippen molar-refractivity contribution in [3.05, 3.63) is 71.3 Å². The SMILES string of the molecule is CC(C1CCC1)N(Cc1ccccc1)C(=O)CN1C(=O)OC2(CCc3ccccc32)C1=O. The van der Waals surface area contributed by atoms with Crippen LogP contribution in [0, 0.1) is 5.92 Å². The van der Waals surface area contributed by atoms with E-state index in [0.29, 0.717) is 25.3 Å². The Bertz CT molecular complexity index is 1050. The first-order valence-corrected chi connectivity index (χ1v) is 11.5. The Balaban J connectivity index is 1.37. The fraction of sp³-hybridized carbons (Fsp3) is 0.423. The molecule has 1 aliphatic heterocycles. The minimum Gasteiger partial charge on any atom is -0.427 e. The minimum atomic E-state index is -1.28. The highest BCUT2D eigenvalue weighted by atomic mass is 16.6. The van der Waals surface area contributed by atoms with Crippen LogP contribution in [0.5, 0.6) is 0 Å². The standard InChI is InChI=1S/C26H28N2O4/c1-18(20-11-7-12-20)27(16-19-8-3-2-4-9-19)23(29)17-28-24(30)26(32-25(28)31)15-14-21-10-5-6-13-22(21)26/h2-6,8-10,13,18,20H,7,11-12,14-17H2,1H3. The van der Waals surface area contributed by atoms with Crippen LogP contribution in [0.1, 0.15) is 49.3 Å². The monoisotopic (exact) mass is 432 g/mol. The molecule has 166 valence electrons. The van der Waals surface area contributed by atoms with Gasteiger partial charge in [0.15, 0.2) is 0 Å². The van der Waals surface area contributed by atoms with Crippen LogP contribution in [0.4, 0.5) is 4.79 Å². The molecular weight excluding hydrogens is 404 g/mol. The second kappa shape index (κ2) is 8.08. The number of carbonyl (C=O) groups excluding carboxylic acids is 3. The molecule has 2 aliphatic carbocycles. The number of nitrogens with zero attached hydrogens (tertiary/aromatic N) is 2. The third-order valence-electron chi connectivity index (χ3n) is 7.40. The van der Waals surface area contributed by atoms with Gasteiger partial charge in [0.25, 0.3) is 5.91 Å². The molecule has 1 saturated heterocycles. The topological polar surface area (TPSA) is 66.9 Å². The van der Waals surface area contributed by atoms with Crippen molar-refractivity contribution in [2.75, 3.05) is 6.54 Å². The molecule has 2 fully saturated rings. The van der Waals surface area contributed by atoms with Crippen molar-refractivity contribution in [2.45, 2.75) is 57.2 Å². The largest absolute Gasteiger partial charge is 0.427 e. The maximum atomic E-state index is 13.5. The summed E-state index contributed by atoms with van der Waals surface area (Å²) in [6.45, 7) is 2.25. The van der Waals surface area contributed by atoms with Crippen molar-refractivity contribution in [3.8, 4) is 0 Å². The molecule has 1 spiro atoms. The number of aryl methyl sites for hydroxylation is 1. The van der Waals surface area contributed by atoms with Gasteiger partial charge in [-0.1, -0.05) is 61.0 Å². The number of ether oxygens (including phenoxy) is 1. The first kappa shape index (κ1) is 20.7. The van der Waals surface area contributed by atoms with Crippen LogP contribution in [0.15, 0.2) is 54.6 Å². The highest BCUT2D eigenvalue weighted by Crippen LogP contribution is 2.45.